The predicted molar refractivity (Wildman–Crippen MR) is 55.9 cm³/mol. The highest BCUT2D eigenvalue weighted by atomic mass is 35.5. The van der Waals surface area contributed by atoms with Gasteiger partial charge < -0.3 is 5.73 Å². The normalized spacial score (nSPS) is 28.5. The van der Waals surface area contributed by atoms with E-state index in [2.05, 4.69) is 11.8 Å². The molecule has 0 saturated carbocycles. The lowest BCUT2D eigenvalue weighted by atomic mass is 9.92. The Bertz CT molecular complexity index is 186. The van der Waals surface area contributed by atoms with Crippen LogP contribution in [-0.2, 0) is 4.79 Å². The van der Waals surface area contributed by atoms with Crippen molar-refractivity contribution in [3.63, 3.8) is 0 Å². The first-order valence-corrected chi connectivity index (χ1v) is 4.72. The van der Waals surface area contributed by atoms with Gasteiger partial charge in [0.1, 0.15) is 0 Å². The molecular formula is C9H19ClN2O. The Morgan fingerprint density at radius 1 is 1.54 bits per heavy atom. The van der Waals surface area contributed by atoms with E-state index in [0.717, 1.165) is 32.4 Å². The molecule has 0 aromatic rings. The van der Waals surface area contributed by atoms with Gasteiger partial charge in [-0.2, -0.15) is 0 Å². The number of carbonyl (C=O) groups is 1. The van der Waals surface area contributed by atoms with Gasteiger partial charge in [-0.25, -0.2) is 0 Å². The summed E-state index contributed by atoms with van der Waals surface area (Å²) in [4.78, 5) is 13.5. The number of primary amides is 1. The summed E-state index contributed by atoms with van der Waals surface area (Å²) in [5.74, 6) is -0.149. The first-order chi connectivity index (χ1) is 5.67. The first-order valence-electron chi connectivity index (χ1n) is 4.72. The molecule has 1 atom stereocenters. The number of likely N-dealkylation sites (tertiary alicyclic amines) is 1. The average molecular weight is 207 g/mol. The van der Waals surface area contributed by atoms with Crippen molar-refractivity contribution in [2.75, 3.05) is 13.1 Å². The minimum atomic E-state index is -0.325. The fraction of sp³-hybridized carbons (Fsp3) is 0.889. The Hall–Kier alpha value is -0.280. The number of amides is 1. The third kappa shape index (κ3) is 1.97. The number of hydrogen-bond acceptors (Lipinski definition) is 2. The monoisotopic (exact) mass is 206 g/mol. The van der Waals surface area contributed by atoms with Gasteiger partial charge in [-0.1, -0.05) is 13.8 Å². The van der Waals surface area contributed by atoms with Crippen LogP contribution in [0.2, 0.25) is 0 Å². The van der Waals surface area contributed by atoms with Gasteiger partial charge in [-0.05, 0) is 32.4 Å². The van der Waals surface area contributed by atoms with Gasteiger partial charge in [0, 0.05) is 0 Å². The molecule has 0 aliphatic carbocycles. The number of carbonyl (C=O) groups excluding carboxylic acids is 1. The van der Waals surface area contributed by atoms with E-state index < -0.39 is 0 Å². The zero-order chi connectivity index (χ0) is 9.19. The third-order valence-electron chi connectivity index (χ3n) is 3.05. The molecule has 78 valence electrons. The molecule has 1 aliphatic rings. The molecule has 1 fully saturated rings. The van der Waals surface area contributed by atoms with E-state index in [4.69, 9.17) is 5.73 Å². The Kier molecular flexibility index (Phi) is 4.71. The van der Waals surface area contributed by atoms with Crippen LogP contribution in [0.15, 0.2) is 0 Å². The van der Waals surface area contributed by atoms with E-state index in [1.165, 1.54) is 0 Å². The average Bonchev–Trinajstić information content (AvgIpc) is 2.47. The molecule has 1 aliphatic heterocycles. The van der Waals surface area contributed by atoms with Crippen molar-refractivity contribution in [2.24, 2.45) is 5.73 Å². The van der Waals surface area contributed by atoms with Gasteiger partial charge in [0.15, 0.2) is 0 Å². The van der Waals surface area contributed by atoms with Gasteiger partial charge >= 0.3 is 0 Å². The van der Waals surface area contributed by atoms with E-state index in [1.54, 1.807) is 0 Å². The molecule has 0 aromatic carbocycles. The molecular weight excluding hydrogens is 188 g/mol. The van der Waals surface area contributed by atoms with Crippen LogP contribution in [0.5, 0.6) is 0 Å². The zero-order valence-corrected chi connectivity index (χ0v) is 9.19. The van der Waals surface area contributed by atoms with Gasteiger partial charge in [0.2, 0.25) is 5.91 Å². The predicted octanol–water partition coefficient (Wildman–Crippen LogP) is 1.16. The third-order valence-corrected chi connectivity index (χ3v) is 3.05. The Morgan fingerprint density at radius 2 is 2.15 bits per heavy atom. The number of nitrogens with zero attached hydrogens (tertiary/aromatic N) is 1. The van der Waals surface area contributed by atoms with Crippen LogP contribution in [0.25, 0.3) is 0 Å². The van der Waals surface area contributed by atoms with E-state index in [1.807, 2.05) is 6.92 Å². The van der Waals surface area contributed by atoms with Crippen molar-refractivity contribution >= 4 is 18.3 Å². The van der Waals surface area contributed by atoms with Crippen LogP contribution in [-0.4, -0.2) is 29.4 Å². The van der Waals surface area contributed by atoms with Gasteiger partial charge in [-0.15, -0.1) is 12.4 Å². The fourth-order valence-electron chi connectivity index (χ4n) is 2.25. The van der Waals surface area contributed by atoms with Gasteiger partial charge in [-0.3, -0.25) is 9.69 Å². The second-order valence-electron chi connectivity index (χ2n) is 3.43. The molecule has 0 radical (unpaired) electrons. The molecule has 3 nitrogen and oxygen atoms in total. The molecule has 1 heterocycles. The highest BCUT2D eigenvalue weighted by Gasteiger charge is 2.43. The number of nitrogens with two attached hydrogens (primary N) is 1. The molecule has 0 bridgehead atoms. The molecule has 0 spiro atoms. The van der Waals surface area contributed by atoms with Crippen molar-refractivity contribution < 1.29 is 4.79 Å². The van der Waals surface area contributed by atoms with Crippen molar-refractivity contribution in [1.29, 1.82) is 0 Å². The Labute approximate surface area is 86.1 Å². The molecule has 13 heavy (non-hydrogen) atoms. The van der Waals surface area contributed by atoms with Crippen molar-refractivity contribution in [3.8, 4) is 0 Å². The second-order valence-corrected chi connectivity index (χ2v) is 3.43. The van der Waals surface area contributed by atoms with E-state index >= 15 is 0 Å². The quantitative estimate of drug-likeness (QED) is 0.754. The SMILES string of the molecule is CCN1CCC[C@@]1(CC)C(N)=O.Cl. The van der Waals surface area contributed by atoms with Crippen molar-refractivity contribution in [2.45, 2.75) is 38.6 Å². The molecule has 0 unspecified atom stereocenters. The van der Waals surface area contributed by atoms with Crippen LogP contribution >= 0.6 is 12.4 Å². The minimum Gasteiger partial charge on any atom is -0.368 e. The highest BCUT2D eigenvalue weighted by molar-refractivity contribution is 5.85. The molecule has 0 aromatic heterocycles. The van der Waals surface area contributed by atoms with Crippen LogP contribution in [0.3, 0.4) is 0 Å². The smallest absolute Gasteiger partial charge is 0.237 e. The number of likely N-dealkylation sites (N-methyl/N-ethyl adjacent to an activating group) is 1. The Morgan fingerprint density at radius 3 is 2.46 bits per heavy atom. The highest BCUT2D eigenvalue weighted by Crippen LogP contribution is 2.31. The minimum absolute atomic E-state index is 0. The molecule has 1 amide bonds. The summed E-state index contributed by atoms with van der Waals surface area (Å²) < 4.78 is 0. The summed E-state index contributed by atoms with van der Waals surface area (Å²) in [6, 6.07) is 0. The molecule has 2 N–H and O–H groups in total. The van der Waals surface area contributed by atoms with Crippen LogP contribution in [0, 0.1) is 0 Å². The lowest BCUT2D eigenvalue weighted by molar-refractivity contribution is -0.128. The molecule has 1 saturated heterocycles. The maximum absolute atomic E-state index is 11.3. The van der Waals surface area contributed by atoms with E-state index in [-0.39, 0.29) is 23.9 Å². The number of halogens is 1. The Balaban J connectivity index is 0.00000144. The summed E-state index contributed by atoms with van der Waals surface area (Å²) in [5.41, 5.74) is 5.10. The van der Waals surface area contributed by atoms with Crippen LogP contribution < -0.4 is 5.73 Å². The lowest BCUT2D eigenvalue weighted by Gasteiger charge is -2.33. The van der Waals surface area contributed by atoms with E-state index in [0.29, 0.717) is 0 Å². The maximum atomic E-state index is 11.3. The standard InChI is InChI=1S/C9H18N2O.ClH/c1-3-9(8(10)12)6-5-7-11(9)4-2;/h3-7H2,1-2H3,(H2,10,12);1H/t9-;/m0./s1. The van der Waals surface area contributed by atoms with Crippen molar-refractivity contribution in [3.05, 3.63) is 0 Å². The number of rotatable bonds is 3. The van der Waals surface area contributed by atoms with Crippen LogP contribution in [0.4, 0.5) is 0 Å². The summed E-state index contributed by atoms with van der Waals surface area (Å²) in [5, 5.41) is 0. The summed E-state index contributed by atoms with van der Waals surface area (Å²) in [6.45, 7) is 6.07. The van der Waals surface area contributed by atoms with Crippen LogP contribution in [0.1, 0.15) is 33.1 Å². The van der Waals surface area contributed by atoms with Gasteiger partial charge in [0.05, 0.1) is 5.54 Å². The summed E-state index contributed by atoms with van der Waals surface area (Å²) in [7, 11) is 0. The molecule has 1 rings (SSSR count). The first kappa shape index (κ1) is 12.7. The summed E-state index contributed by atoms with van der Waals surface area (Å²) in [6.07, 6.45) is 2.88. The fourth-order valence-corrected chi connectivity index (χ4v) is 2.25. The zero-order valence-electron chi connectivity index (χ0n) is 8.38. The van der Waals surface area contributed by atoms with Crippen molar-refractivity contribution in [1.82, 2.24) is 4.90 Å². The van der Waals surface area contributed by atoms with Gasteiger partial charge in [0.25, 0.3) is 0 Å². The molecule has 4 heteroatoms. The largest absolute Gasteiger partial charge is 0.368 e. The second kappa shape index (κ2) is 4.82. The lowest BCUT2D eigenvalue weighted by Crippen LogP contribution is -2.53. The summed E-state index contributed by atoms with van der Waals surface area (Å²) >= 11 is 0. The maximum Gasteiger partial charge on any atom is 0.237 e. The number of hydrogen-bond donors (Lipinski definition) is 1. The topological polar surface area (TPSA) is 46.3 Å². The van der Waals surface area contributed by atoms with E-state index in [9.17, 15) is 4.79 Å².